The molecule has 3 rings (SSSR count). The van der Waals surface area contributed by atoms with E-state index in [-0.39, 0.29) is 5.60 Å². The Labute approximate surface area is 112 Å². The maximum atomic E-state index is 6.42. The van der Waals surface area contributed by atoms with Crippen molar-refractivity contribution in [3.05, 3.63) is 0 Å². The summed E-state index contributed by atoms with van der Waals surface area (Å²) in [7, 11) is 0. The first-order chi connectivity index (χ1) is 8.60. The molecule has 0 aromatic heterocycles. The zero-order valence-corrected chi connectivity index (χ0v) is 12.1. The highest BCUT2D eigenvalue weighted by atomic mass is 16.5. The second-order valence-electron chi connectivity index (χ2n) is 7.40. The van der Waals surface area contributed by atoms with Crippen LogP contribution in [0.4, 0.5) is 0 Å². The van der Waals surface area contributed by atoms with Crippen molar-refractivity contribution in [2.75, 3.05) is 6.54 Å². The van der Waals surface area contributed by atoms with Crippen LogP contribution < -0.4 is 5.32 Å². The van der Waals surface area contributed by atoms with Gasteiger partial charge >= 0.3 is 0 Å². The Morgan fingerprint density at radius 2 is 1.78 bits per heavy atom. The molecule has 2 heteroatoms. The highest BCUT2D eigenvalue weighted by Gasteiger charge is 2.42. The third-order valence-electron chi connectivity index (χ3n) is 5.49. The maximum Gasteiger partial charge on any atom is 0.0708 e. The lowest BCUT2D eigenvalue weighted by molar-refractivity contribution is -0.0640. The second kappa shape index (κ2) is 4.79. The van der Waals surface area contributed by atoms with Gasteiger partial charge in [0.25, 0.3) is 0 Å². The lowest BCUT2D eigenvalue weighted by Gasteiger charge is -2.34. The van der Waals surface area contributed by atoms with Crippen molar-refractivity contribution in [3.63, 3.8) is 0 Å². The Morgan fingerprint density at radius 3 is 2.44 bits per heavy atom. The van der Waals surface area contributed by atoms with Gasteiger partial charge in [-0.2, -0.15) is 0 Å². The van der Waals surface area contributed by atoms with Crippen LogP contribution in [-0.2, 0) is 4.74 Å². The Kier molecular flexibility index (Phi) is 3.44. The van der Waals surface area contributed by atoms with Gasteiger partial charge in [-0.3, -0.25) is 0 Å². The van der Waals surface area contributed by atoms with E-state index in [0.29, 0.717) is 11.6 Å². The smallest absolute Gasteiger partial charge is 0.0708 e. The second-order valence-corrected chi connectivity index (χ2v) is 7.40. The van der Waals surface area contributed by atoms with Crippen LogP contribution in [0.2, 0.25) is 0 Å². The molecule has 1 heterocycles. The van der Waals surface area contributed by atoms with Crippen LogP contribution in [0.1, 0.15) is 71.6 Å². The van der Waals surface area contributed by atoms with E-state index in [9.17, 15) is 0 Å². The van der Waals surface area contributed by atoms with Gasteiger partial charge in [0.15, 0.2) is 0 Å². The van der Waals surface area contributed by atoms with Crippen molar-refractivity contribution in [1.29, 1.82) is 0 Å². The van der Waals surface area contributed by atoms with Crippen LogP contribution in [0.5, 0.6) is 0 Å². The van der Waals surface area contributed by atoms with E-state index in [0.717, 1.165) is 12.5 Å². The number of rotatable bonds is 4. The van der Waals surface area contributed by atoms with Crippen molar-refractivity contribution in [2.24, 2.45) is 5.92 Å². The van der Waals surface area contributed by atoms with Gasteiger partial charge in [-0.15, -0.1) is 0 Å². The van der Waals surface area contributed by atoms with Gasteiger partial charge in [0.2, 0.25) is 0 Å². The Balaban J connectivity index is 1.47. The SMILES string of the molecule is CC(C)(NCC1CCC2(CCCCC2)O1)C1CC1. The molecular formula is C16H29NO. The Hall–Kier alpha value is -0.0800. The summed E-state index contributed by atoms with van der Waals surface area (Å²) < 4.78 is 6.42. The van der Waals surface area contributed by atoms with Gasteiger partial charge < -0.3 is 10.1 Å². The standard InChI is InChI=1S/C16H29NO/c1-15(2,13-6-7-13)17-12-14-8-11-16(18-14)9-4-3-5-10-16/h13-14,17H,3-12H2,1-2H3. The van der Waals surface area contributed by atoms with E-state index in [2.05, 4.69) is 19.2 Å². The van der Waals surface area contributed by atoms with Gasteiger partial charge in [0.05, 0.1) is 11.7 Å². The quantitative estimate of drug-likeness (QED) is 0.823. The predicted molar refractivity (Wildman–Crippen MR) is 74.7 cm³/mol. The summed E-state index contributed by atoms with van der Waals surface area (Å²) in [6.45, 7) is 5.78. The molecule has 18 heavy (non-hydrogen) atoms. The molecule has 2 saturated carbocycles. The Bertz CT molecular complexity index is 289. The predicted octanol–water partition coefficient (Wildman–Crippen LogP) is 3.65. The minimum Gasteiger partial charge on any atom is -0.370 e. The van der Waals surface area contributed by atoms with Crippen molar-refractivity contribution in [2.45, 2.75) is 88.9 Å². The molecule has 0 aromatic rings. The van der Waals surface area contributed by atoms with E-state index < -0.39 is 0 Å². The minimum absolute atomic E-state index is 0.286. The van der Waals surface area contributed by atoms with Gasteiger partial charge in [-0.05, 0) is 58.3 Å². The molecule has 1 saturated heterocycles. The highest BCUT2D eigenvalue weighted by Crippen LogP contribution is 2.42. The minimum atomic E-state index is 0.286. The lowest BCUT2D eigenvalue weighted by atomic mass is 9.83. The van der Waals surface area contributed by atoms with Crippen LogP contribution in [-0.4, -0.2) is 23.8 Å². The number of ether oxygens (including phenoxy) is 1. The van der Waals surface area contributed by atoms with Gasteiger partial charge in [0, 0.05) is 12.1 Å². The number of nitrogens with one attached hydrogen (secondary N) is 1. The first kappa shape index (κ1) is 12.9. The molecule has 0 amide bonds. The topological polar surface area (TPSA) is 21.3 Å². The summed E-state index contributed by atoms with van der Waals surface area (Å²) in [6.07, 6.45) is 12.7. The van der Waals surface area contributed by atoms with Gasteiger partial charge in [-0.1, -0.05) is 19.3 Å². The third kappa shape index (κ3) is 2.75. The van der Waals surface area contributed by atoms with Gasteiger partial charge in [0.1, 0.15) is 0 Å². The van der Waals surface area contributed by atoms with E-state index in [1.54, 1.807) is 0 Å². The summed E-state index contributed by atoms with van der Waals surface area (Å²) in [4.78, 5) is 0. The van der Waals surface area contributed by atoms with E-state index >= 15 is 0 Å². The molecule has 104 valence electrons. The molecule has 0 bridgehead atoms. The van der Waals surface area contributed by atoms with E-state index in [1.165, 1.54) is 57.8 Å². The molecule has 1 unspecified atom stereocenters. The molecule has 3 fully saturated rings. The molecule has 3 aliphatic rings. The van der Waals surface area contributed by atoms with Crippen molar-refractivity contribution in [3.8, 4) is 0 Å². The molecule has 1 aliphatic heterocycles. The molecule has 0 radical (unpaired) electrons. The highest BCUT2D eigenvalue weighted by molar-refractivity contribution is 4.96. The molecule has 2 nitrogen and oxygen atoms in total. The summed E-state index contributed by atoms with van der Waals surface area (Å²) in [5, 5.41) is 3.76. The average Bonchev–Trinajstić information content (AvgIpc) is 3.14. The first-order valence-electron chi connectivity index (χ1n) is 8.03. The average molecular weight is 251 g/mol. The molecule has 1 atom stereocenters. The summed E-state index contributed by atoms with van der Waals surface area (Å²) >= 11 is 0. The monoisotopic (exact) mass is 251 g/mol. The third-order valence-corrected chi connectivity index (χ3v) is 5.49. The summed E-state index contributed by atoms with van der Waals surface area (Å²) in [6, 6.07) is 0. The molecule has 1 N–H and O–H groups in total. The zero-order chi connectivity index (χ0) is 12.6. The molecule has 0 aromatic carbocycles. The first-order valence-corrected chi connectivity index (χ1v) is 8.03. The number of hydrogen-bond acceptors (Lipinski definition) is 2. The van der Waals surface area contributed by atoms with Crippen LogP contribution in [0.25, 0.3) is 0 Å². The number of hydrogen-bond donors (Lipinski definition) is 1. The van der Waals surface area contributed by atoms with Crippen molar-refractivity contribution >= 4 is 0 Å². The van der Waals surface area contributed by atoms with E-state index in [1.807, 2.05) is 0 Å². The Morgan fingerprint density at radius 1 is 1.06 bits per heavy atom. The lowest BCUT2D eigenvalue weighted by Crippen LogP contribution is -2.45. The fourth-order valence-corrected chi connectivity index (χ4v) is 3.93. The van der Waals surface area contributed by atoms with Gasteiger partial charge in [-0.25, -0.2) is 0 Å². The van der Waals surface area contributed by atoms with E-state index in [4.69, 9.17) is 4.74 Å². The molecule has 2 aliphatic carbocycles. The normalized spacial score (nSPS) is 32.0. The van der Waals surface area contributed by atoms with Crippen LogP contribution >= 0.6 is 0 Å². The van der Waals surface area contributed by atoms with Crippen molar-refractivity contribution < 1.29 is 4.74 Å². The maximum absolute atomic E-state index is 6.42. The van der Waals surface area contributed by atoms with Crippen LogP contribution in [0, 0.1) is 5.92 Å². The largest absolute Gasteiger partial charge is 0.370 e. The van der Waals surface area contributed by atoms with Crippen LogP contribution in [0.15, 0.2) is 0 Å². The fourth-order valence-electron chi connectivity index (χ4n) is 3.93. The van der Waals surface area contributed by atoms with Crippen LogP contribution in [0.3, 0.4) is 0 Å². The van der Waals surface area contributed by atoms with Crippen molar-refractivity contribution in [1.82, 2.24) is 5.32 Å². The molecule has 1 spiro atoms. The molecular weight excluding hydrogens is 222 g/mol. The fraction of sp³-hybridized carbons (Fsp3) is 1.00. The summed E-state index contributed by atoms with van der Waals surface area (Å²) in [5.41, 5.74) is 0.611. The zero-order valence-electron chi connectivity index (χ0n) is 12.1. The summed E-state index contributed by atoms with van der Waals surface area (Å²) in [5.74, 6) is 0.905.